The Morgan fingerprint density at radius 3 is 2.52 bits per heavy atom. The van der Waals surface area contributed by atoms with Crippen molar-refractivity contribution in [2.24, 2.45) is 0 Å². The van der Waals surface area contributed by atoms with Crippen LogP contribution in [0.25, 0.3) is 0 Å². The van der Waals surface area contributed by atoms with E-state index < -0.39 is 11.6 Å². The van der Waals surface area contributed by atoms with Crippen molar-refractivity contribution in [2.75, 3.05) is 12.8 Å². The molecule has 0 aliphatic rings. The number of hydrogen-bond donors (Lipinski definition) is 0. The van der Waals surface area contributed by atoms with Crippen LogP contribution in [0.4, 0.5) is 8.78 Å². The molecule has 0 bridgehead atoms. The number of halogens is 2. The molecule has 110 valence electrons. The SMILES string of the molecule is CN(Cc1ccc(F)cc1F)C(=O)CSc1ccccc1. The molecule has 2 aromatic carbocycles. The topological polar surface area (TPSA) is 20.3 Å². The van der Waals surface area contributed by atoms with Crippen LogP contribution in [0, 0.1) is 11.6 Å². The first-order valence-electron chi connectivity index (χ1n) is 6.42. The van der Waals surface area contributed by atoms with E-state index in [9.17, 15) is 13.6 Å². The fraction of sp³-hybridized carbons (Fsp3) is 0.188. The zero-order valence-corrected chi connectivity index (χ0v) is 12.4. The Hall–Kier alpha value is -1.88. The summed E-state index contributed by atoms with van der Waals surface area (Å²) in [7, 11) is 1.61. The van der Waals surface area contributed by atoms with Crippen LogP contribution in [0.15, 0.2) is 53.4 Å². The summed E-state index contributed by atoms with van der Waals surface area (Å²) in [6, 6.07) is 13.0. The van der Waals surface area contributed by atoms with Gasteiger partial charge in [-0.2, -0.15) is 0 Å². The Balaban J connectivity index is 1.90. The molecule has 1 amide bonds. The zero-order valence-electron chi connectivity index (χ0n) is 11.6. The summed E-state index contributed by atoms with van der Waals surface area (Å²) in [5, 5.41) is 0. The minimum absolute atomic E-state index is 0.104. The maximum absolute atomic E-state index is 13.5. The van der Waals surface area contributed by atoms with Crippen molar-refractivity contribution in [1.29, 1.82) is 0 Å². The van der Waals surface area contributed by atoms with Gasteiger partial charge in [-0.05, 0) is 18.2 Å². The van der Waals surface area contributed by atoms with E-state index in [0.29, 0.717) is 5.56 Å². The zero-order chi connectivity index (χ0) is 15.2. The third-order valence-corrected chi connectivity index (χ3v) is 3.95. The summed E-state index contributed by atoms with van der Waals surface area (Å²) in [5.74, 6) is -1.08. The van der Waals surface area contributed by atoms with Gasteiger partial charge in [-0.1, -0.05) is 24.3 Å². The van der Waals surface area contributed by atoms with Gasteiger partial charge in [0.05, 0.1) is 5.75 Å². The molecule has 5 heteroatoms. The van der Waals surface area contributed by atoms with Crippen LogP contribution >= 0.6 is 11.8 Å². The number of thioether (sulfide) groups is 1. The molecule has 0 saturated carbocycles. The standard InChI is InChI=1S/C16H15F2NOS/c1-19(10-12-7-8-13(17)9-15(12)18)16(20)11-21-14-5-3-2-4-6-14/h2-9H,10-11H2,1H3. The Kier molecular flexibility index (Phi) is 5.33. The van der Waals surface area contributed by atoms with Crippen molar-refractivity contribution in [3.63, 3.8) is 0 Å². The van der Waals surface area contributed by atoms with Gasteiger partial charge < -0.3 is 4.90 Å². The number of carbonyl (C=O) groups is 1. The Morgan fingerprint density at radius 1 is 1.14 bits per heavy atom. The van der Waals surface area contributed by atoms with Gasteiger partial charge in [0, 0.05) is 30.1 Å². The number of amides is 1. The molecule has 0 fully saturated rings. The van der Waals surface area contributed by atoms with Crippen molar-refractivity contribution < 1.29 is 13.6 Å². The third kappa shape index (κ3) is 4.56. The number of benzene rings is 2. The van der Waals surface area contributed by atoms with Crippen molar-refractivity contribution in [1.82, 2.24) is 4.90 Å². The number of rotatable bonds is 5. The first-order valence-corrected chi connectivity index (χ1v) is 7.40. The summed E-state index contributed by atoms with van der Waals surface area (Å²) in [6.07, 6.45) is 0. The average molecular weight is 307 g/mol. The molecule has 0 heterocycles. The number of nitrogens with zero attached hydrogens (tertiary/aromatic N) is 1. The molecular formula is C16H15F2NOS. The predicted molar refractivity (Wildman–Crippen MR) is 80.0 cm³/mol. The fourth-order valence-electron chi connectivity index (χ4n) is 1.77. The highest BCUT2D eigenvalue weighted by atomic mass is 32.2. The molecule has 2 rings (SSSR count). The number of hydrogen-bond acceptors (Lipinski definition) is 2. The second kappa shape index (κ2) is 7.22. The van der Waals surface area contributed by atoms with E-state index in [2.05, 4.69) is 0 Å². The molecule has 0 saturated heterocycles. The summed E-state index contributed by atoms with van der Waals surface area (Å²) in [5.41, 5.74) is 0.303. The molecule has 2 nitrogen and oxygen atoms in total. The first-order chi connectivity index (χ1) is 10.1. The lowest BCUT2D eigenvalue weighted by Gasteiger charge is -2.17. The van der Waals surface area contributed by atoms with Crippen LogP contribution in [0.1, 0.15) is 5.56 Å². The summed E-state index contributed by atoms with van der Waals surface area (Å²) < 4.78 is 26.4. The summed E-state index contributed by atoms with van der Waals surface area (Å²) in [4.78, 5) is 14.5. The summed E-state index contributed by atoms with van der Waals surface area (Å²) >= 11 is 1.43. The minimum Gasteiger partial charge on any atom is -0.341 e. The second-order valence-electron chi connectivity index (χ2n) is 4.59. The Labute approximate surface area is 126 Å². The highest BCUT2D eigenvalue weighted by molar-refractivity contribution is 8.00. The Morgan fingerprint density at radius 2 is 1.86 bits per heavy atom. The van der Waals surface area contributed by atoms with Gasteiger partial charge in [-0.25, -0.2) is 8.78 Å². The number of carbonyl (C=O) groups excluding carboxylic acids is 1. The smallest absolute Gasteiger partial charge is 0.232 e. The fourth-order valence-corrected chi connectivity index (χ4v) is 2.63. The van der Waals surface area contributed by atoms with Crippen LogP contribution in [0.3, 0.4) is 0 Å². The minimum atomic E-state index is -0.634. The predicted octanol–water partition coefficient (Wildman–Crippen LogP) is 3.72. The maximum atomic E-state index is 13.5. The molecule has 0 atom stereocenters. The molecular weight excluding hydrogens is 292 g/mol. The van der Waals surface area contributed by atoms with E-state index in [-0.39, 0.29) is 18.2 Å². The van der Waals surface area contributed by atoms with Crippen molar-refractivity contribution >= 4 is 17.7 Å². The molecule has 0 radical (unpaired) electrons. The maximum Gasteiger partial charge on any atom is 0.232 e. The average Bonchev–Trinajstić information content (AvgIpc) is 2.48. The largest absolute Gasteiger partial charge is 0.341 e. The van der Waals surface area contributed by atoms with Gasteiger partial charge in [0.25, 0.3) is 0 Å². The lowest BCUT2D eigenvalue weighted by molar-refractivity contribution is -0.127. The third-order valence-electron chi connectivity index (χ3n) is 2.95. The molecule has 0 aromatic heterocycles. The molecule has 0 spiro atoms. The van der Waals surface area contributed by atoms with Crippen LogP contribution in [0.5, 0.6) is 0 Å². The van der Waals surface area contributed by atoms with Crippen molar-refractivity contribution in [3.05, 3.63) is 65.7 Å². The monoisotopic (exact) mass is 307 g/mol. The molecule has 2 aromatic rings. The van der Waals surface area contributed by atoms with E-state index in [1.165, 1.54) is 28.8 Å². The molecule has 21 heavy (non-hydrogen) atoms. The van der Waals surface area contributed by atoms with Crippen LogP contribution in [-0.2, 0) is 11.3 Å². The van der Waals surface area contributed by atoms with E-state index >= 15 is 0 Å². The van der Waals surface area contributed by atoms with E-state index in [1.54, 1.807) is 7.05 Å². The van der Waals surface area contributed by atoms with Crippen LogP contribution < -0.4 is 0 Å². The van der Waals surface area contributed by atoms with Crippen molar-refractivity contribution in [3.8, 4) is 0 Å². The van der Waals surface area contributed by atoms with Gasteiger partial charge in [0.1, 0.15) is 11.6 Å². The molecule has 0 unspecified atom stereocenters. The highest BCUT2D eigenvalue weighted by Crippen LogP contribution is 2.18. The highest BCUT2D eigenvalue weighted by Gasteiger charge is 2.12. The normalized spacial score (nSPS) is 10.4. The van der Waals surface area contributed by atoms with E-state index in [4.69, 9.17) is 0 Å². The van der Waals surface area contributed by atoms with Gasteiger partial charge in [0.15, 0.2) is 0 Å². The second-order valence-corrected chi connectivity index (χ2v) is 5.64. The lowest BCUT2D eigenvalue weighted by Crippen LogP contribution is -2.28. The van der Waals surface area contributed by atoms with Gasteiger partial charge in [-0.15, -0.1) is 11.8 Å². The molecule has 0 aliphatic carbocycles. The molecule has 0 aliphatic heterocycles. The van der Waals surface area contributed by atoms with Crippen LogP contribution in [-0.4, -0.2) is 23.6 Å². The van der Waals surface area contributed by atoms with E-state index in [0.717, 1.165) is 11.0 Å². The van der Waals surface area contributed by atoms with Crippen molar-refractivity contribution in [2.45, 2.75) is 11.4 Å². The van der Waals surface area contributed by atoms with Gasteiger partial charge >= 0.3 is 0 Å². The quantitative estimate of drug-likeness (QED) is 0.785. The van der Waals surface area contributed by atoms with Crippen LogP contribution in [0.2, 0.25) is 0 Å². The Bertz CT molecular complexity index is 619. The van der Waals surface area contributed by atoms with Gasteiger partial charge in [0.2, 0.25) is 5.91 Å². The molecule has 0 N–H and O–H groups in total. The summed E-state index contributed by atoms with van der Waals surface area (Å²) in [6.45, 7) is 0.125. The van der Waals surface area contributed by atoms with Gasteiger partial charge in [-0.3, -0.25) is 4.79 Å². The van der Waals surface area contributed by atoms with E-state index in [1.807, 2.05) is 30.3 Å². The first kappa shape index (κ1) is 15.5. The lowest BCUT2D eigenvalue weighted by atomic mass is 10.2.